The fourth-order valence-electron chi connectivity index (χ4n) is 1.66. The Balaban J connectivity index is 2.09. The van der Waals surface area contributed by atoms with Crippen molar-refractivity contribution in [1.82, 2.24) is 9.88 Å². The number of ether oxygens (including phenoxy) is 1. The Bertz CT molecular complexity index is 358. The number of halogens is 1. The topological polar surface area (TPSA) is 42.4 Å². The Hall–Kier alpha value is -0.460. The molecule has 0 radical (unpaired) electrons. The number of hydrogen-bond acceptors (Lipinski definition) is 4. The Labute approximate surface area is 107 Å². The Morgan fingerprint density at radius 3 is 3.25 bits per heavy atom. The highest BCUT2D eigenvalue weighted by Crippen LogP contribution is 2.16. The van der Waals surface area contributed by atoms with Crippen molar-refractivity contribution in [2.75, 3.05) is 18.5 Å². The van der Waals surface area contributed by atoms with Crippen LogP contribution in [0, 0.1) is 0 Å². The van der Waals surface area contributed by atoms with E-state index in [9.17, 15) is 4.79 Å². The van der Waals surface area contributed by atoms with Gasteiger partial charge in [0, 0.05) is 17.3 Å². The van der Waals surface area contributed by atoms with Gasteiger partial charge in [-0.1, -0.05) is 15.9 Å². The normalized spacial score (nSPS) is 25.8. The molecule has 0 aromatic carbocycles. The van der Waals surface area contributed by atoms with E-state index in [1.54, 1.807) is 10.9 Å². The molecule has 0 saturated carbocycles. The minimum atomic E-state index is 0.00278. The molecule has 1 aliphatic rings. The van der Waals surface area contributed by atoms with E-state index in [1.165, 1.54) is 11.3 Å². The van der Waals surface area contributed by atoms with Crippen LogP contribution in [0.5, 0.6) is 0 Å². The highest BCUT2D eigenvalue weighted by molar-refractivity contribution is 9.09. The predicted octanol–water partition coefficient (Wildman–Crippen LogP) is 1.77. The van der Waals surface area contributed by atoms with E-state index in [4.69, 9.17) is 4.74 Å². The van der Waals surface area contributed by atoms with Crippen LogP contribution in [0.3, 0.4) is 0 Å². The number of rotatable bonds is 2. The minimum absolute atomic E-state index is 0.00278. The third kappa shape index (κ3) is 2.44. The van der Waals surface area contributed by atoms with Crippen molar-refractivity contribution < 1.29 is 9.53 Å². The molecule has 1 aliphatic heterocycles. The van der Waals surface area contributed by atoms with Crippen LogP contribution in [-0.4, -0.2) is 46.4 Å². The van der Waals surface area contributed by atoms with Crippen molar-refractivity contribution in [2.45, 2.75) is 19.1 Å². The molecule has 2 unspecified atom stereocenters. The highest BCUT2D eigenvalue weighted by Gasteiger charge is 2.30. The molecule has 1 fully saturated rings. The molecule has 0 spiro atoms. The summed E-state index contributed by atoms with van der Waals surface area (Å²) in [5.41, 5.74) is 2.22. The lowest BCUT2D eigenvalue weighted by molar-refractivity contribution is -0.0363. The molecular formula is C10H13BrN2O2S. The van der Waals surface area contributed by atoms with Crippen molar-refractivity contribution in [3.05, 3.63) is 16.6 Å². The summed E-state index contributed by atoms with van der Waals surface area (Å²) in [6.45, 7) is 3.21. The number of morpholine rings is 1. The van der Waals surface area contributed by atoms with Crippen molar-refractivity contribution in [3.8, 4) is 0 Å². The first-order chi connectivity index (χ1) is 7.72. The van der Waals surface area contributed by atoms with Crippen molar-refractivity contribution in [2.24, 2.45) is 0 Å². The molecular weight excluding hydrogens is 292 g/mol. The summed E-state index contributed by atoms with van der Waals surface area (Å²) in [7, 11) is 0. The van der Waals surface area contributed by atoms with Crippen LogP contribution in [0.4, 0.5) is 0 Å². The molecule has 0 bridgehead atoms. The first kappa shape index (κ1) is 12.0. The molecule has 0 N–H and O–H groups in total. The van der Waals surface area contributed by atoms with Crippen LogP contribution in [0.1, 0.15) is 17.4 Å². The van der Waals surface area contributed by atoms with Gasteiger partial charge in [-0.25, -0.2) is 4.98 Å². The summed E-state index contributed by atoms with van der Waals surface area (Å²) in [5.74, 6) is 0.00278. The molecule has 1 aromatic rings. The van der Waals surface area contributed by atoms with Crippen LogP contribution in [0.15, 0.2) is 10.9 Å². The number of amides is 1. The third-order valence-corrected chi connectivity index (χ3v) is 3.90. The maximum Gasteiger partial charge on any atom is 0.273 e. The molecule has 6 heteroatoms. The summed E-state index contributed by atoms with van der Waals surface area (Å²) in [4.78, 5) is 18.0. The van der Waals surface area contributed by atoms with Gasteiger partial charge >= 0.3 is 0 Å². The van der Waals surface area contributed by atoms with Gasteiger partial charge in [0.1, 0.15) is 5.69 Å². The van der Waals surface area contributed by atoms with E-state index in [2.05, 4.69) is 20.9 Å². The summed E-state index contributed by atoms with van der Waals surface area (Å²) in [6.07, 6.45) is 0.0822. The lowest BCUT2D eigenvalue weighted by atomic mass is 10.2. The van der Waals surface area contributed by atoms with E-state index in [1.807, 2.05) is 11.8 Å². The summed E-state index contributed by atoms with van der Waals surface area (Å²) in [5, 5.41) is 2.54. The van der Waals surface area contributed by atoms with E-state index >= 15 is 0 Å². The second-order valence-corrected chi connectivity index (χ2v) is 5.16. The van der Waals surface area contributed by atoms with Gasteiger partial charge in [0.2, 0.25) is 0 Å². The van der Waals surface area contributed by atoms with Gasteiger partial charge in [-0.05, 0) is 6.92 Å². The van der Waals surface area contributed by atoms with Crippen LogP contribution in [0.2, 0.25) is 0 Å². The molecule has 16 heavy (non-hydrogen) atoms. The maximum absolute atomic E-state index is 12.1. The zero-order valence-electron chi connectivity index (χ0n) is 8.93. The first-order valence-corrected chi connectivity index (χ1v) is 7.15. The van der Waals surface area contributed by atoms with E-state index in [0.29, 0.717) is 18.8 Å². The first-order valence-electron chi connectivity index (χ1n) is 5.09. The number of thiazole rings is 1. The lowest BCUT2D eigenvalue weighted by Crippen LogP contribution is -2.51. The van der Waals surface area contributed by atoms with E-state index < -0.39 is 0 Å². The van der Waals surface area contributed by atoms with Gasteiger partial charge in [0.25, 0.3) is 5.91 Å². The maximum atomic E-state index is 12.1. The Kier molecular flexibility index (Phi) is 3.94. The second kappa shape index (κ2) is 5.25. The Morgan fingerprint density at radius 2 is 2.62 bits per heavy atom. The number of carbonyl (C=O) groups excluding carboxylic acids is 1. The predicted molar refractivity (Wildman–Crippen MR) is 66.1 cm³/mol. The minimum Gasteiger partial charge on any atom is -0.373 e. The zero-order chi connectivity index (χ0) is 11.5. The lowest BCUT2D eigenvalue weighted by Gasteiger charge is -2.37. The van der Waals surface area contributed by atoms with Crippen LogP contribution >= 0.6 is 27.3 Å². The Morgan fingerprint density at radius 1 is 1.81 bits per heavy atom. The largest absolute Gasteiger partial charge is 0.373 e. The molecule has 2 heterocycles. The van der Waals surface area contributed by atoms with Gasteiger partial charge in [-0.3, -0.25) is 4.79 Å². The van der Waals surface area contributed by atoms with E-state index in [-0.39, 0.29) is 18.1 Å². The fourth-order valence-corrected chi connectivity index (χ4v) is 2.58. The highest BCUT2D eigenvalue weighted by atomic mass is 79.9. The summed E-state index contributed by atoms with van der Waals surface area (Å²) < 4.78 is 5.58. The van der Waals surface area contributed by atoms with Crippen LogP contribution < -0.4 is 0 Å². The smallest absolute Gasteiger partial charge is 0.273 e. The van der Waals surface area contributed by atoms with Gasteiger partial charge < -0.3 is 9.64 Å². The quantitative estimate of drug-likeness (QED) is 0.782. The number of nitrogens with zero attached hydrogens (tertiary/aromatic N) is 2. The molecule has 0 aliphatic carbocycles. The summed E-state index contributed by atoms with van der Waals surface area (Å²) in [6, 6.07) is 0.115. The van der Waals surface area contributed by atoms with Gasteiger partial charge in [-0.15, -0.1) is 11.3 Å². The van der Waals surface area contributed by atoms with Crippen molar-refractivity contribution in [1.29, 1.82) is 0 Å². The molecule has 4 nitrogen and oxygen atoms in total. The third-order valence-electron chi connectivity index (χ3n) is 2.59. The van der Waals surface area contributed by atoms with Crippen molar-refractivity contribution in [3.63, 3.8) is 0 Å². The summed E-state index contributed by atoms with van der Waals surface area (Å²) >= 11 is 4.82. The van der Waals surface area contributed by atoms with E-state index in [0.717, 1.165) is 5.33 Å². The molecule has 88 valence electrons. The monoisotopic (exact) mass is 304 g/mol. The molecule has 1 aromatic heterocycles. The number of hydrogen-bond donors (Lipinski definition) is 0. The standard InChI is InChI=1S/C10H13BrN2O2S/c1-7-4-15-8(2-11)3-13(7)10(14)9-5-16-6-12-9/h5-8H,2-4H2,1H3. The molecule has 2 rings (SSSR count). The number of carbonyl (C=O) groups is 1. The average molecular weight is 305 g/mol. The van der Waals surface area contributed by atoms with Crippen LogP contribution in [0.25, 0.3) is 0 Å². The number of alkyl halides is 1. The van der Waals surface area contributed by atoms with Gasteiger partial charge in [-0.2, -0.15) is 0 Å². The van der Waals surface area contributed by atoms with Crippen molar-refractivity contribution >= 4 is 33.2 Å². The molecule has 1 saturated heterocycles. The van der Waals surface area contributed by atoms with Gasteiger partial charge in [0.15, 0.2) is 0 Å². The second-order valence-electron chi connectivity index (χ2n) is 3.79. The SMILES string of the molecule is CC1COC(CBr)CN1C(=O)c1cscn1. The van der Waals surface area contributed by atoms with Gasteiger partial charge in [0.05, 0.1) is 24.3 Å². The number of aromatic nitrogens is 1. The fraction of sp³-hybridized carbons (Fsp3) is 0.600. The zero-order valence-corrected chi connectivity index (χ0v) is 11.3. The average Bonchev–Trinajstić information content (AvgIpc) is 2.82. The molecule has 1 amide bonds. The van der Waals surface area contributed by atoms with Crippen LogP contribution in [-0.2, 0) is 4.74 Å². The molecule has 2 atom stereocenters.